The molecule has 0 saturated carbocycles. The first kappa shape index (κ1) is 12.3. The van der Waals surface area contributed by atoms with Crippen LogP contribution in [0.4, 0.5) is 0 Å². The highest BCUT2D eigenvalue weighted by Crippen LogP contribution is 2.39. The highest BCUT2D eigenvalue weighted by Gasteiger charge is 2.32. The van der Waals surface area contributed by atoms with Gasteiger partial charge in [0.2, 0.25) is 0 Å². The SMILES string of the molecule is CC(C)C1CC(=O)c2cc(C(C)(C)C)ccc21. The zero-order valence-corrected chi connectivity index (χ0v) is 11.5. The summed E-state index contributed by atoms with van der Waals surface area (Å²) in [6.45, 7) is 11.0. The molecule has 0 fully saturated rings. The Morgan fingerprint density at radius 2 is 1.88 bits per heavy atom. The molecule has 1 atom stereocenters. The second kappa shape index (κ2) is 3.97. The minimum atomic E-state index is 0.116. The third-order valence-electron chi connectivity index (χ3n) is 3.83. The lowest BCUT2D eigenvalue weighted by Crippen LogP contribution is -2.12. The quantitative estimate of drug-likeness (QED) is 0.702. The molecule has 0 amide bonds. The molecular formula is C16H22O. The van der Waals surface area contributed by atoms with Gasteiger partial charge in [0.1, 0.15) is 0 Å². The van der Waals surface area contributed by atoms with Crippen molar-refractivity contribution in [2.75, 3.05) is 0 Å². The summed E-state index contributed by atoms with van der Waals surface area (Å²) in [5.74, 6) is 1.29. The average molecular weight is 230 g/mol. The van der Waals surface area contributed by atoms with Crippen molar-refractivity contribution in [3.05, 3.63) is 34.9 Å². The fourth-order valence-corrected chi connectivity index (χ4v) is 2.60. The zero-order chi connectivity index (χ0) is 12.8. The van der Waals surface area contributed by atoms with Gasteiger partial charge >= 0.3 is 0 Å². The first-order valence-electron chi connectivity index (χ1n) is 6.48. The van der Waals surface area contributed by atoms with Crippen molar-refractivity contribution < 1.29 is 4.79 Å². The summed E-state index contributed by atoms with van der Waals surface area (Å²) in [7, 11) is 0. The van der Waals surface area contributed by atoms with Crippen LogP contribution in [0.5, 0.6) is 0 Å². The Hall–Kier alpha value is -1.11. The third kappa shape index (κ3) is 2.15. The van der Waals surface area contributed by atoms with Crippen LogP contribution < -0.4 is 0 Å². The molecule has 1 aliphatic rings. The molecule has 0 aromatic heterocycles. The summed E-state index contributed by atoms with van der Waals surface area (Å²) in [6.07, 6.45) is 0.695. The predicted octanol–water partition coefficient (Wildman–Crippen LogP) is 4.31. The van der Waals surface area contributed by atoms with Gasteiger partial charge in [0.15, 0.2) is 5.78 Å². The third-order valence-corrected chi connectivity index (χ3v) is 3.83. The van der Waals surface area contributed by atoms with Gasteiger partial charge in [-0.05, 0) is 34.4 Å². The van der Waals surface area contributed by atoms with Crippen molar-refractivity contribution >= 4 is 5.78 Å². The Morgan fingerprint density at radius 1 is 1.24 bits per heavy atom. The van der Waals surface area contributed by atoms with E-state index in [1.54, 1.807) is 0 Å². The van der Waals surface area contributed by atoms with E-state index >= 15 is 0 Å². The lowest BCUT2D eigenvalue weighted by atomic mass is 9.84. The second-order valence-corrected chi connectivity index (χ2v) is 6.53. The van der Waals surface area contributed by atoms with Crippen molar-refractivity contribution in [2.45, 2.75) is 52.4 Å². The maximum atomic E-state index is 12.1. The Labute approximate surface area is 104 Å². The minimum Gasteiger partial charge on any atom is -0.294 e. The van der Waals surface area contributed by atoms with E-state index in [2.05, 4.69) is 52.8 Å². The molecule has 1 heteroatoms. The lowest BCUT2D eigenvalue weighted by Gasteiger charge is -2.21. The van der Waals surface area contributed by atoms with Crippen LogP contribution in [-0.4, -0.2) is 5.78 Å². The molecule has 1 aliphatic carbocycles. The summed E-state index contributed by atoms with van der Waals surface area (Å²) in [5.41, 5.74) is 3.61. The number of fused-ring (bicyclic) bond motifs is 1. The molecule has 1 unspecified atom stereocenters. The Bertz CT molecular complexity index is 449. The molecular weight excluding hydrogens is 208 g/mol. The number of carbonyl (C=O) groups excluding carboxylic acids is 1. The molecule has 1 nitrogen and oxygen atoms in total. The first-order valence-corrected chi connectivity index (χ1v) is 6.48. The zero-order valence-electron chi connectivity index (χ0n) is 11.5. The highest BCUT2D eigenvalue weighted by molar-refractivity contribution is 6.01. The van der Waals surface area contributed by atoms with Crippen LogP contribution in [0.15, 0.2) is 18.2 Å². The number of benzene rings is 1. The molecule has 92 valence electrons. The number of rotatable bonds is 1. The van der Waals surface area contributed by atoms with Gasteiger partial charge in [0, 0.05) is 12.0 Å². The monoisotopic (exact) mass is 230 g/mol. The van der Waals surface area contributed by atoms with E-state index in [1.807, 2.05) is 0 Å². The molecule has 0 heterocycles. The predicted molar refractivity (Wildman–Crippen MR) is 71.7 cm³/mol. The van der Waals surface area contributed by atoms with Crippen molar-refractivity contribution in [3.8, 4) is 0 Å². The van der Waals surface area contributed by atoms with Gasteiger partial charge in [-0.1, -0.05) is 46.8 Å². The van der Waals surface area contributed by atoms with E-state index in [1.165, 1.54) is 11.1 Å². The largest absolute Gasteiger partial charge is 0.294 e. The van der Waals surface area contributed by atoms with Crippen LogP contribution in [0.3, 0.4) is 0 Å². The molecule has 0 spiro atoms. The number of carbonyl (C=O) groups is 1. The van der Waals surface area contributed by atoms with Gasteiger partial charge in [-0.3, -0.25) is 4.79 Å². The number of ketones is 1. The molecule has 2 rings (SSSR count). The van der Waals surface area contributed by atoms with Crippen LogP contribution in [0.1, 0.15) is 68.4 Å². The molecule has 0 aliphatic heterocycles. The van der Waals surface area contributed by atoms with Crippen LogP contribution in [-0.2, 0) is 5.41 Å². The second-order valence-electron chi connectivity index (χ2n) is 6.53. The van der Waals surface area contributed by atoms with Gasteiger partial charge in [-0.25, -0.2) is 0 Å². The van der Waals surface area contributed by atoms with Gasteiger partial charge in [-0.15, -0.1) is 0 Å². The summed E-state index contributed by atoms with van der Waals surface area (Å²) in [6, 6.07) is 6.47. The van der Waals surface area contributed by atoms with Crippen molar-refractivity contribution in [2.24, 2.45) is 5.92 Å². The molecule has 1 aromatic rings. The fourth-order valence-electron chi connectivity index (χ4n) is 2.60. The smallest absolute Gasteiger partial charge is 0.163 e. The average Bonchev–Trinajstić information content (AvgIpc) is 2.55. The van der Waals surface area contributed by atoms with Crippen LogP contribution in [0, 0.1) is 5.92 Å². The summed E-state index contributed by atoms with van der Waals surface area (Å²) in [4.78, 5) is 12.1. The topological polar surface area (TPSA) is 17.1 Å². The van der Waals surface area contributed by atoms with Crippen molar-refractivity contribution in [1.29, 1.82) is 0 Å². The summed E-state index contributed by atoms with van der Waals surface area (Å²) in [5, 5.41) is 0. The van der Waals surface area contributed by atoms with E-state index < -0.39 is 0 Å². The van der Waals surface area contributed by atoms with Crippen molar-refractivity contribution in [1.82, 2.24) is 0 Å². The van der Waals surface area contributed by atoms with Crippen molar-refractivity contribution in [3.63, 3.8) is 0 Å². The Kier molecular flexibility index (Phi) is 2.89. The van der Waals surface area contributed by atoms with E-state index in [4.69, 9.17) is 0 Å². The van der Waals surface area contributed by atoms with E-state index in [-0.39, 0.29) is 5.41 Å². The molecule has 0 N–H and O–H groups in total. The molecule has 0 bridgehead atoms. The normalized spacial score (nSPS) is 19.9. The van der Waals surface area contributed by atoms with Crippen LogP contribution in [0.25, 0.3) is 0 Å². The van der Waals surface area contributed by atoms with Gasteiger partial charge in [-0.2, -0.15) is 0 Å². The fraction of sp³-hybridized carbons (Fsp3) is 0.562. The number of Topliss-reactive ketones (excluding diaryl/α,β-unsaturated/α-hetero) is 1. The number of hydrogen-bond donors (Lipinski definition) is 0. The lowest BCUT2D eigenvalue weighted by molar-refractivity contribution is 0.0984. The van der Waals surface area contributed by atoms with Crippen LogP contribution >= 0.6 is 0 Å². The molecule has 0 radical (unpaired) electrons. The maximum absolute atomic E-state index is 12.1. The molecule has 0 saturated heterocycles. The Morgan fingerprint density at radius 3 is 2.41 bits per heavy atom. The van der Waals surface area contributed by atoms with E-state index in [0.29, 0.717) is 24.0 Å². The summed E-state index contributed by atoms with van der Waals surface area (Å²) < 4.78 is 0. The number of hydrogen-bond acceptors (Lipinski definition) is 1. The molecule has 17 heavy (non-hydrogen) atoms. The molecule has 1 aromatic carbocycles. The van der Waals surface area contributed by atoms with Gasteiger partial charge < -0.3 is 0 Å². The van der Waals surface area contributed by atoms with Crippen LogP contribution in [0.2, 0.25) is 0 Å². The van der Waals surface area contributed by atoms with E-state index in [9.17, 15) is 4.79 Å². The maximum Gasteiger partial charge on any atom is 0.163 e. The van der Waals surface area contributed by atoms with Gasteiger partial charge in [0.25, 0.3) is 0 Å². The first-order chi connectivity index (χ1) is 7.80. The summed E-state index contributed by atoms with van der Waals surface area (Å²) >= 11 is 0. The Balaban J connectivity index is 2.48. The standard InChI is InChI=1S/C16H22O/c1-10(2)13-9-15(17)14-8-11(16(3,4)5)6-7-12(13)14/h6-8,10,13H,9H2,1-5H3. The highest BCUT2D eigenvalue weighted by atomic mass is 16.1. The van der Waals surface area contributed by atoms with E-state index in [0.717, 1.165) is 5.56 Å². The minimum absolute atomic E-state index is 0.116. The van der Waals surface area contributed by atoms with Gasteiger partial charge in [0.05, 0.1) is 0 Å².